The Bertz CT molecular complexity index is 440. The summed E-state index contributed by atoms with van der Waals surface area (Å²) in [6.45, 7) is 2.24. The number of carbonyl (C=O) groups excluding carboxylic acids is 1. The van der Waals surface area contributed by atoms with E-state index in [4.69, 9.17) is 15.3 Å². The molecule has 0 saturated carbocycles. The largest absolute Gasteiger partial charge is 0.478 e. The van der Waals surface area contributed by atoms with E-state index in [1.807, 2.05) is 0 Å². The molecule has 1 amide bonds. The van der Waals surface area contributed by atoms with Gasteiger partial charge in [-0.2, -0.15) is 0 Å². The van der Waals surface area contributed by atoms with Crippen molar-refractivity contribution in [2.75, 3.05) is 13.2 Å². The van der Waals surface area contributed by atoms with Crippen LogP contribution in [0.4, 0.5) is 0 Å². The fraction of sp³-hybridized carbons (Fsp3) is 0.500. The minimum atomic E-state index is -3.40. The van der Waals surface area contributed by atoms with E-state index in [1.54, 1.807) is 0 Å². The molecule has 0 radical (unpaired) electrons. The van der Waals surface area contributed by atoms with Crippen LogP contribution in [0.5, 0.6) is 0 Å². The van der Waals surface area contributed by atoms with Crippen molar-refractivity contribution in [2.24, 2.45) is 9.50 Å². The predicted molar refractivity (Wildman–Crippen MR) is 59.8 cm³/mol. The Balaban J connectivity index is 3.20. The molecule has 1 saturated heterocycles. The van der Waals surface area contributed by atoms with Crippen LogP contribution in [0.1, 0.15) is 13.3 Å². The highest BCUT2D eigenvalue weighted by molar-refractivity contribution is 7.96. The normalized spacial score (nSPS) is 22.1. The molecule has 1 aliphatic rings. The average molecular weight is 246 g/mol. The van der Waals surface area contributed by atoms with E-state index in [1.165, 1.54) is 0 Å². The van der Waals surface area contributed by atoms with Crippen molar-refractivity contribution in [1.82, 2.24) is 5.32 Å². The summed E-state index contributed by atoms with van der Waals surface area (Å²) in [5, 5.41) is 15.4. The highest BCUT2D eigenvalue weighted by Crippen LogP contribution is 2.12. The zero-order valence-electron chi connectivity index (χ0n) is 8.86. The molecule has 0 bridgehead atoms. The molecule has 0 aromatic heterocycles. The number of nitrogens with one attached hydrogen (secondary N) is 2. The third-order valence-electron chi connectivity index (χ3n) is 1.79. The molecule has 16 heavy (non-hydrogen) atoms. The van der Waals surface area contributed by atoms with E-state index < -0.39 is 15.8 Å². The topological polar surface area (TPSA) is 118 Å². The molecule has 0 aliphatic carbocycles. The summed E-state index contributed by atoms with van der Waals surface area (Å²) in [6.07, 6.45) is 1.60. The van der Waals surface area contributed by atoms with Crippen molar-refractivity contribution < 1.29 is 13.7 Å². The van der Waals surface area contributed by atoms with Crippen LogP contribution in [-0.2, 0) is 19.4 Å². The number of carbonyl (C=O) groups is 1. The molecular formula is C8H14N4O3S. The summed E-state index contributed by atoms with van der Waals surface area (Å²) in [5.41, 5.74) is 0. The van der Waals surface area contributed by atoms with Crippen LogP contribution in [0, 0.1) is 5.41 Å². The van der Waals surface area contributed by atoms with Gasteiger partial charge < -0.3 is 15.5 Å². The lowest BCUT2D eigenvalue weighted by Crippen LogP contribution is -2.30. The van der Waals surface area contributed by atoms with Gasteiger partial charge in [0.2, 0.25) is 5.88 Å². The van der Waals surface area contributed by atoms with Crippen LogP contribution in [0.2, 0.25) is 0 Å². The molecule has 1 fully saturated rings. The van der Waals surface area contributed by atoms with Gasteiger partial charge in [0, 0.05) is 19.7 Å². The van der Waals surface area contributed by atoms with Gasteiger partial charge in [0.25, 0.3) is 5.91 Å². The minimum absolute atomic E-state index is 0.0950. The summed E-state index contributed by atoms with van der Waals surface area (Å²) in [4.78, 5) is 10.7. The van der Waals surface area contributed by atoms with Gasteiger partial charge in [0.1, 0.15) is 14.8 Å². The number of rotatable bonds is 2. The maximum absolute atomic E-state index is 11.9. The average Bonchev–Trinajstić information content (AvgIpc) is 2.17. The number of hydrogen-bond acceptors (Lipinski definition) is 5. The molecule has 0 aromatic rings. The Hall–Kier alpha value is -1.41. The highest BCUT2D eigenvalue weighted by Gasteiger charge is 2.19. The maximum atomic E-state index is 11.9. The van der Waals surface area contributed by atoms with Gasteiger partial charge >= 0.3 is 0 Å². The van der Waals surface area contributed by atoms with Crippen LogP contribution in [0.15, 0.2) is 15.2 Å². The first kappa shape index (κ1) is 12.7. The number of hydrogen-bond donors (Lipinski definition) is 3. The van der Waals surface area contributed by atoms with Gasteiger partial charge in [0.05, 0.1) is 6.61 Å². The fourth-order valence-electron chi connectivity index (χ4n) is 1.18. The molecule has 0 aromatic carbocycles. The second kappa shape index (κ2) is 5.08. The van der Waals surface area contributed by atoms with Gasteiger partial charge in [-0.05, 0) is 6.42 Å². The first-order chi connectivity index (χ1) is 7.47. The third-order valence-corrected chi connectivity index (χ3v) is 3.25. The molecule has 1 atom stereocenters. The first-order valence-electron chi connectivity index (χ1n) is 4.64. The Morgan fingerprint density at radius 1 is 1.75 bits per heavy atom. The van der Waals surface area contributed by atoms with Crippen molar-refractivity contribution in [1.29, 1.82) is 5.41 Å². The van der Waals surface area contributed by atoms with Crippen LogP contribution in [0.3, 0.4) is 0 Å². The SMILES string of the molecule is CC(=O)N=S(N)(=O)/C(C=N)=C1/NCCCO1. The van der Waals surface area contributed by atoms with E-state index in [2.05, 4.69) is 9.68 Å². The van der Waals surface area contributed by atoms with Crippen molar-refractivity contribution in [3.63, 3.8) is 0 Å². The second-order valence-electron chi connectivity index (χ2n) is 3.15. The van der Waals surface area contributed by atoms with Crippen molar-refractivity contribution in [3.05, 3.63) is 10.8 Å². The van der Waals surface area contributed by atoms with Gasteiger partial charge in [-0.15, -0.1) is 4.36 Å². The minimum Gasteiger partial charge on any atom is -0.478 e. The predicted octanol–water partition coefficient (Wildman–Crippen LogP) is -0.297. The zero-order valence-corrected chi connectivity index (χ0v) is 9.67. The third kappa shape index (κ3) is 3.04. The van der Waals surface area contributed by atoms with Crippen LogP contribution in [0.25, 0.3) is 0 Å². The monoisotopic (exact) mass is 246 g/mol. The summed E-state index contributed by atoms with van der Waals surface area (Å²) in [6, 6.07) is 0. The number of allylic oxidation sites excluding steroid dienone is 1. The first-order valence-corrected chi connectivity index (χ1v) is 6.22. The van der Waals surface area contributed by atoms with Crippen LogP contribution >= 0.6 is 0 Å². The number of amides is 1. The Morgan fingerprint density at radius 3 is 2.88 bits per heavy atom. The fourth-order valence-corrected chi connectivity index (χ4v) is 2.23. The molecule has 4 N–H and O–H groups in total. The second-order valence-corrected chi connectivity index (χ2v) is 4.91. The standard InChI is InChI=1S/C8H14N4O3S/c1-6(13)12-16(10,14)7(5-9)8-11-3-2-4-15-8/h5,9,11H,2-4H2,1H3,(H2,10,12,13,14)/b8-7-,9-5?. The van der Waals surface area contributed by atoms with E-state index in [9.17, 15) is 9.00 Å². The number of nitrogens with two attached hydrogens (primary N) is 1. The van der Waals surface area contributed by atoms with Crippen molar-refractivity contribution in [3.8, 4) is 0 Å². The lowest BCUT2D eigenvalue weighted by Gasteiger charge is -2.20. The van der Waals surface area contributed by atoms with Gasteiger partial charge in [-0.3, -0.25) is 4.79 Å². The lowest BCUT2D eigenvalue weighted by atomic mass is 10.4. The Kier molecular flexibility index (Phi) is 4.02. The maximum Gasteiger partial charge on any atom is 0.251 e. The van der Waals surface area contributed by atoms with Gasteiger partial charge in [0.15, 0.2) is 0 Å². The molecule has 0 spiro atoms. The summed E-state index contributed by atoms with van der Waals surface area (Å²) in [5.74, 6) is -0.484. The number of nitrogens with zero attached hydrogens (tertiary/aromatic N) is 1. The molecule has 1 unspecified atom stereocenters. The highest BCUT2D eigenvalue weighted by atomic mass is 32.2. The van der Waals surface area contributed by atoms with E-state index in [0.29, 0.717) is 13.2 Å². The van der Waals surface area contributed by atoms with Crippen LogP contribution in [-0.4, -0.2) is 29.5 Å². The summed E-state index contributed by atoms with van der Waals surface area (Å²) >= 11 is 0. The molecule has 8 heteroatoms. The quantitative estimate of drug-likeness (QED) is 0.580. The van der Waals surface area contributed by atoms with Crippen molar-refractivity contribution in [2.45, 2.75) is 13.3 Å². The molecule has 1 rings (SSSR count). The van der Waals surface area contributed by atoms with Gasteiger partial charge in [-0.1, -0.05) is 0 Å². The lowest BCUT2D eigenvalue weighted by molar-refractivity contribution is -0.115. The zero-order chi connectivity index (χ0) is 12.2. The van der Waals surface area contributed by atoms with Crippen LogP contribution < -0.4 is 10.5 Å². The molecular weight excluding hydrogens is 232 g/mol. The smallest absolute Gasteiger partial charge is 0.251 e. The van der Waals surface area contributed by atoms with E-state index in [0.717, 1.165) is 19.6 Å². The van der Waals surface area contributed by atoms with E-state index >= 15 is 0 Å². The summed E-state index contributed by atoms with van der Waals surface area (Å²) in [7, 11) is -3.40. The number of ether oxygens (including phenoxy) is 1. The molecule has 1 heterocycles. The molecule has 90 valence electrons. The van der Waals surface area contributed by atoms with Gasteiger partial charge in [-0.25, -0.2) is 9.35 Å². The Labute approximate surface area is 93.9 Å². The van der Waals surface area contributed by atoms with E-state index in [-0.39, 0.29) is 10.8 Å². The molecule has 1 aliphatic heterocycles. The molecule has 7 nitrogen and oxygen atoms in total. The summed E-state index contributed by atoms with van der Waals surface area (Å²) < 4.78 is 20.4. The van der Waals surface area contributed by atoms with Crippen molar-refractivity contribution >= 4 is 22.0 Å². The Morgan fingerprint density at radius 2 is 2.44 bits per heavy atom.